The minimum absolute atomic E-state index is 0.0768. The molecule has 2 atom stereocenters. The van der Waals surface area contributed by atoms with E-state index < -0.39 is 0 Å². The second kappa shape index (κ2) is 6.32. The molecule has 0 spiro atoms. The Kier molecular flexibility index (Phi) is 4.75. The first-order chi connectivity index (χ1) is 8.76. The van der Waals surface area contributed by atoms with Gasteiger partial charge < -0.3 is 10.5 Å². The van der Waals surface area contributed by atoms with Crippen molar-refractivity contribution in [3.8, 4) is 0 Å². The van der Waals surface area contributed by atoms with Crippen molar-refractivity contribution in [2.45, 2.75) is 38.8 Å². The van der Waals surface area contributed by atoms with Gasteiger partial charge in [0.2, 0.25) is 0 Å². The van der Waals surface area contributed by atoms with Crippen molar-refractivity contribution in [3.05, 3.63) is 35.2 Å². The van der Waals surface area contributed by atoms with Crippen molar-refractivity contribution in [2.75, 3.05) is 6.61 Å². The Morgan fingerprint density at radius 1 is 1.28 bits per heavy atom. The Bertz CT molecular complexity index is 494. The lowest BCUT2D eigenvalue weighted by Gasteiger charge is -2.22. The van der Waals surface area contributed by atoms with E-state index >= 15 is 0 Å². The fourth-order valence-corrected chi connectivity index (χ4v) is 3.31. The van der Waals surface area contributed by atoms with Crippen molar-refractivity contribution in [1.82, 2.24) is 0 Å². The van der Waals surface area contributed by atoms with Gasteiger partial charge in [0.15, 0.2) is 0 Å². The highest BCUT2D eigenvalue weighted by Crippen LogP contribution is 2.27. The molecule has 0 amide bonds. The van der Waals surface area contributed by atoms with Crippen LogP contribution < -0.4 is 5.73 Å². The van der Waals surface area contributed by atoms with Gasteiger partial charge in [0, 0.05) is 17.3 Å². The monoisotopic (exact) mass is 263 g/mol. The highest BCUT2D eigenvalue weighted by molar-refractivity contribution is 7.17. The summed E-state index contributed by atoms with van der Waals surface area (Å²) in [6.07, 6.45) is 2.02. The molecule has 0 radical (unpaired) electrons. The quantitative estimate of drug-likeness (QED) is 0.864. The summed E-state index contributed by atoms with van der Waals surface area (Å²) in [5, 5.41) is 3.56. The molecule has 2 aromatic rings. The molecule has 2 nitrogen and oxygen atoms in total. The zero-order chi connectivity index (χ0) is 13.0. The number of fused-ring (bicyclic) bond motifs is 1. The van der Waals surface area contributed by atoms with E-state index in [2.05, 4.69) is 36.6 Å². The van der Waals surface area contributed by atoms with Crippen molar-refractivity contribution in [3.63, 3.8) is 0 Å². The van der Waals surface area contributed by atoms with Gasteiger partial charge in [0.1, 0.15) is 0 Å². The summed E-state index contributed by atoms with van der Waals surface area (Å²) >= 11 is 1.79. The fourth-order valence-electron chi connectivity index (χ4n) is 2.33. The molecule has 2 rings (SSSR count). The summed E-state index contributed by atoms with van der Waals surface area (Å²) in [5.41, 5.74) is 7.62. The van der Waals surface area contributed by atoms with Crippen molar-refractivity contribution in [2.24, 2.45) is 5.73 Å². The molecule has 3 heteroatoms. The average molecular weight is 263 g/mol. The third-order valence-corrected chi connectivity index (χ3v) is 4.29. The van der Waals surface area contributed by atoms with Crippen molar-refractivity contribution < 1.29 is 4.74 Å². The van der Waals surface area contributed by atoms with Gasteiger partial charge in [0.05, 0.1) is 6.10 Å². The van der Waals surface area contributed by atoms with E-state index in [0.717, 1.165) is 19.4 Å². The van der Waals surface area contributed by atoms with Gasteiger partial charge in [0.25, 0.3) is 0 Å². The minimum atomic E-state index is 0.0768. The van der Waals surface area contributed by atoms with Crippen LogP contribution in [0.4, 0.5) is 0 Å². The molecule has 1 aromatic carbocycles. The third-order valence-electron chi connectivity index (χ3n) is 3.28. The number of nitrogens with two attached hydrogens (primary N) is 1. The number of hydrogen-bond donors (Lipinski definition) is 1. The molecule has 0 saturated heterocycles. The highest BCUT2D eigenvalue weighted by atomic mass is 32.1. The van der Waals surface area contributed by atoms with E-state index in [1.54, 1.807) is 11.3 Å². The molecule has 1 aromatic heterocycles. The first-order valence-electron chi connectivity index (χ1n) is 6.58. The Hall–Kier alpha value is -0.900. The average Bonchev–Trinajstić information content (AvgIpc) is 2.79. The molecule has 2 N–H and O–H groups in total. The molecule has 98 valence electrons. The zero-order valence-electron chi connectivity index (χ0n) is 11.1. The first kappa shape index (κ1) is 13.5. The summed E-state index contributed by atoms with van der Waals surface area (Å²) in [7, 11) is 0. The standard InChI is InChI=1S/C15H21NOS/c1-3-14(17-4-2)13(16)9-11-10-18-15-8-6-5-7-12(11)15/h5-8,10,13-14H,3-4,9,16H2,1-2H3. The van der Waals surface area contributed by atoms with Crippen molar-refractivity contribution >= 4 is 21.4 Å². The molecule has 1 heterocycles. The summed E-state index contributed by atoms with van der Waals surface area (Å²) in [6, 6.07) is 8.58. The minimum Gasteiger partial charge on any atom is -0.377 e. The normalized spacial score (nSPS) is 14.8. The van der Waals surface area contributed by atoms with Crippen LogP contribution in [0.1, 0.15) is 25.8 Å². The summed E-state index contributed by atoms with van der Waals surface area (Å²) in [4.78, 5) is 0. The molecule has 0 bridgehead atoms. The van der Waals surface area contributed by atoms with Gasteiger partial charge in [-0.1, -0.05) is 25.1 Å². The Balaban J connectivity index is 2.13. The molecule has 0 aliphatic heterocycles. The van der Waals surface area contributed by atoms with Crippen LogP contribution in [0.5, 0.6) is 0 Å². The third kappa shape index (κ3) is 2.91. The number of thiophene rings is 1. The predicted molar refractivity (Wildman–Crippen MR) is 79.2 cm³/mol. The maximum absolute atomic E-state index is 6.28. The second-order valence-electron chi connectivity index (χ2n) is 4.53. The Labute approximate surface area is 113 Å². The lowest BCUT2D eigenvalue weighted by atomic mass is 10.00. The zero-order valence-corrected chi connectivity index (χ0v) is 11.9. The van der Waals surface area contributed by atoms with Crippen molar-refractivity contribution in [1.29, 1.82) is 0 Å². The first-order valence-corrected chi connectivity index (χ1v) is 7.46. The number of benzene rings is 1. The summed E-state index contributed by atoms with van der Waals surface area (Å²) < 4.78 is 7.03. The summed E-state index contributed by atoms with van der Waals surface area (Å²) in [6.45, 7) is 4.89. The fraction of sp³-hybridized carbons (Fsp3) is 0.467. The van der Waals surface area contributed by atoms with Gasteiger partial charge >= 0.3 is 0 Å². The van der Waals surface area contributed by atoms with Gasteiger partial charge in [-0.05, 0) is 42.2 Å². The second-order valence-corrected chi connectivity index (χ2v) is 5.44. The lowest BCUT2D eigenvalue weighted by molar-refractivity contribution is 0.0418. The molecule has 2 unspecified atom stereocenters. The van der Waals surface area contributed by atoms with E-state index in [1.165, 1.54) is 15.6 Å². The van der Waals surface area contributed by atoms with Crippen LogP contribution >= 0.6 is 11.3 Å². The van der Waals surface area contributed by atoms with Gasteiger partial charge in [-0.3, -0.25) is 0 Å². The molecule has 0 fully saturated rings. The Morgan fingerprint density at radius 2 is 2.06 bits per heavy atom. The number of rotatable bonds is 6. The molecule has 0 aliphatic carbocycles. The summed E-state index contributed by atoms with van der Waals surface area (Å²) in [5.74, 6) is 0. The van der Waals surface area contributed by atoms with Gasteiger partial charge in [-0.25, -0.2) is 0 Å². The van der Waals surface area contributed by atoms with Gasteiger partial charge in [-0.2, -0.15) is 0 Å². The molecule has 0 aliphatic rings. The van der Waals surface area contributed by atoms with Crippen LogP contribution in [-0.2, 0) is 11.2 Å². The van der Waals surface area contributed by atoms with E-state index in [1.807, 2.05) is 6.92 Å². The van der Waals surface area contributed by atoms with E-state index in [4.69, 9.17) is 10.5 Å². The molecular formula is C15H21NOS. The van der Waals surface area contributed by atoms with Crippen LogP contribution in [0.15, 0.2) is 29.6 Å². The van der Waals surface area contributed by atoms with Gasteiger partial charge in [-0.15, -0.1) is 11.3 Å². The highest BCUT2D eigenvalue weighted by Gasteiger charge is 2.17. The molecule has 18 heavy (non-hydrogen) atoms. The molecule has 0 saturated carbocycles. The molecular weight excluding hydrogens is 242 g/mol. The van der Waals surface area contributed by atoms with Crippen LogP contribution in [0.2, 0.25) is 0 Å². The van der Waals surface area contributed by atoms with Crippen LogP contribution in [0.25, 0.3) is 10.1 Å². The maximum atomic E-state index is 6.28. The maximum Gasteiger partial charge on any atom is 0.0726 e. The van der Waals surface area contributed by atoms with Crippen LogP contribution in [0, 0.1) is 0 Å². The van der Waals surface area contributed by atoms with E-state index in [9.17, 15) is 0 Å². The largest absolute Gasteiger partial charge is 0.377 e. The van der Waals surface area contributed by atoms with E-state index in [-0.39, 0.29) is 12.1 Å². The lowest BCUT2D eigenvalue weighted by Crippen LogP contribution is -2.38. The number of hydrogen-bond acceptors (Lipinski definition) is 3. The smallest absolute Gasteiger partial charge is 0.0726 e. The Morgan fingerprint density at radius 3 is 2.78 bits per heavy atom. The SMILES string of the molecule is CCOC(CC)C(N)Cc1csc2ccccc12. The van der Waals surface area contributed by atoms with Crippen LogP contribution in [0.3, 0.4) is 0 Å². The predicted octanol–water partition coefficient (Wildman–Crippen LogP) is 3.59. The number of ether oxygens (including phenoxy) is 1. The topological polar surface area (TPSA) is 35.2 Å². The van der Waals surface area contributed by atoms with E-state index in [0.29, 0.717) is 0 Å². The van der Waals surface area contributed by atoms with Crippen LogP contribution in [-0.4, -0.2) is 18.8 Å².